The molecule has 0 aliphatic carbocycles. The maximum atomic E-state index is 4.60. The molecule has 0 fully saturated rings. The number of hydrogen-bond donors (Lipinski definition) is 0. The van der Waals surface area contributed by atoms with Gasteiger partial charge in [-0.05, 0) is 102 Å². The summed E-state index contributed by atoms with van der Waals surface area (Å²) in [6, 6.07) is 33.4. The average Bonchev–Trinajstić information content (AvgIpc) is 3.21. The Bertz CT molecular complexity index is 2500. The summed E-state index contributed by atoms with van der Waals surface area (Å²) < 4.78 is 0. The maximum Gasteiger partial charge on any atom is 0.159 e. The molecule has 0 unspecified atom stereocenters. The number of benzene rings is 6. The lowest BCUT2D eigenvalue weighted by Gasteiger charge is -2.18. The summed E-state index contributed by atoms with van der Waals surface area (Å²) in [5.74, 6) is 2.69. The molecule has 8 nitrogen and oxygen atoms in total. The number of nitrogens with zero attached hydrogens (tertiary/aromatic N) is 8. The van der Waals surface area contributed by atoms with Gasteiger partial charge >= 0.3 is 0 Å². The molecule has 4 aromatic heterocycles. The fraction of sp³-hybridized carbons (Fsp3) is 0. The Morgan fingerprint density at radius 2 is 0.460 bits per heavy atom. The van der Waals surface area contributed by atoms with E-state index in [2.05, 4.69) is 113 Å². The van der Waals surface area contributed by atoms with Gasteiger partial charge in [-0.1, -0.05) is 48.5 Å². The molecule has 0 saturated heterocycles. The van der Waals surface area contributed by atoms with Crippen LogP contribution in [0, 0.1) is 0 Å². The summed E-state index contributed by atoms with van der Waals surface area (Å²) in [5, 5.41) is 11.1. The largest absolute Gasteiger partial charge is 0.237 e. The lowest BCUT2D eigenvalue weighted by Crippen LogP contribution is -1.94. The van der Waals surface area contributed by atoms with Crippen molar-refractivity contribution in [1.29, 1.82) is 0 Å². The lowest BCUT2D eigenvalue weighted by atomic mass is 9.85. The van der Waals surface area contributed by atoms with E-state index in [-0.39, 0.29) is 0 Å². The van der Waals surface area contributed by atoms with E-state index in [4.69, 9.17) is 0 Å². The van der Waals surface area contributed by atoms with Crippen molar-refractivity contribution in [1.82, 2.24) is 39.9 Å². The molecule has 8 heteroatoms. The summed E-state index contributed by atoms with van der Waals surface area (Å²) >= 11 is 0. The van der Waals surface area contributed by atoms with Gasteiger partial charge in [0.15, 0.2) is 23.3 Å². The molecule has 10 rings (SSSR count). The Balaban J connectivity index is 1.44. The molecular weight excluding hydrogens is 617 g/mol. The highest BCUT2D eigenvalue weighted by molar-refractivity contribution is 6.40. The van der Waals surface area contributed by atoms with Crippen molar-refractivity contribution in [3.63, 3.8) is 0 Å². The van der Waals surface area contributed by atoms with Crippen LogP contribution < -0.4 is 0 Å². The zero-order chi connectivity index (χ0) is 33.0. The molecule has 0 atom stereocenters. The maximum absolute atomic E-state index is 4.60. The van der Waals surface area contributed by atoms with Crippen molar-refractivity contribution < 1.29 is 0 Å². The number of hydrogen-bond acceptors (Lipinski definition) is 8. The number of rotatable bonds is 4. The monoisotopic (exact) mass is 640 g/mol. The first-order chi connectivity index (χ1) is 24.8. The third kappa shape index (κ3) is 4.47. The van der Waals surface area contributed by atoms with Gasteiger partial charge in [-0.15, -0.1) is 0 Å². The SMILES string of the molecule is c1cnc(-c2ccc3c4ccc(-c5ncccn5)cc4c4c5cc(-c6ncccn6)ccc5c5ccc(-c6ncccn6)cc5c4c3c2)nc1. The van der Waals surface area contributed by atoms with Crippen molar-refractivity contribution >= 4 is 53.9 Å². The predicted octanol–water partition coefficient (Wildman–Crippen LogP) is 9.28. The van der Waals surface area contributed by atoms with Gasteiger partial charge in [0.25, 0.3) is 0 Å². The highest BCUT2D eigenvalue weighted by atomic mass is 14.9. The van der Waals surface area contributed by atoms with Crippen LogP contribution in [0.1, 0.15) is 0 Å². The van der Waals surface area contributed by atoms with Crippen LogP contribution in [0.25, 0.3) is 99.4 Å². The van der Waals surface area contributed by atoms with Crippen LogP contribution in [0.3, 0.4) is 0 Å². The van der Waals surface area contributed by atoms with E-state index in [1.807, 2.05) is 24.3 Å². The molecule has 232 valence electrons. The molecule has 0 saturated carbocycles. The van der Waals surface area contributed by atoms with E-state index in [0.29, 0.717) is 23.3 Å². The Kier molecular flexibility index (Phi) is 6.32. The molecule has 0 radical (unpaired) electrons. The standard InChI is InChI=1S/C42H24N8/c1-13-43-39(44-14-1)25-5-9-29-30-10-6-27(41-47-17-3-18-48-41)23-35(30)38-36-24-28(42-49-19-4-20-50-42)8-12-32(36)31-11-7-26(40-45-15-2-16-46-40)22-34(31)37(38)33(29)21-25/h1-24H. The average molecular weight is 641 g/mol. The quantitative estimate of drug-likeness (QED) is 0.175. The van der Waals surface area contributed by atoms with Gasteiger partial charge in [0.1, 0.15) is 0 Å². The van der Waals surface area contributed by atoms with E-state index in [1.54, 1.807) is 49.6 Å². The second-order valence-corrected chi connectivity index (χ2v) is 12.1. The fourth-order valence-corrected chi connectivity index (χ4v) is 7.12. The van der Waals surface area contributed by atoms with E-state index < -0.39 is 0 Å². The molecule has 0 amide bonds. The van der Waals surface area contributed by atoms with Gasteiger partial charge in [0, 0.05) is 71.8 Å². The van der Waals surface area contributed by atoms with Gasteiger partial charge < -0.3 is 0 Å². The van der Waals surface area contributed by atoms with E-state index in [9.17, 15) is 0 Å². The van der Waals surface area contributed by atoms with Crippen molar-refractivity contribution in [3.05, 3.63) is 147 Å². The topological polar surface area (TPSA) is 103 Å². The van der Waals surface area contributed by atoms with Crippen molar-refractivity contribution in [3.8, 4) is 45.6 Å². The Labute approximate surface area is 285 Å². The van der Waals surface area contributed by atoms with E-state index in [1.165, 1.54) is 0 Å². The minimum absolute atomic E-state index is 0.672. The predicted molar refractivity (Wildman–Crippen MR) is 198 cm³/mol. The highest BCUT2D eigenvalue weighted by Gasteiger charge is 2.20. The van der Waals surface area contributed by atoms with Crippen LogP contribution in [-0.2, 0) is 0 Å². The molecule has 0 spiro atoms. The second kappa shape index (κ2) is 11.3. The summed E-state index contributed by atoms with van der Waals surface area (Å²) in [6.45, 7) is 0. The number of fused-ring (bicyclic) bond motifs is 11. The third-order valence-corrected chi connectivity index (χ3v) is 9.28. The van der Waals surface area contributed by atoms with Crippen LogP contribution in [0.2, 0.25) is 0 Å². The summed E-state index contributed by atoms with van der Waals surface area (Å²) in [6.07, 6.45) is 14.2. The minimum Gasteiger partial charge on any atom is -0.237 e. The Hall–Kier alpha value is -7.06. The van der Waals surface area contributed by atoms with Crippen LogP contribution in [0.5, 0.6) is 0 Å². The van der Waals surface area contributed by atoms with Gasteiger partial charge in [0.2, 0.25) is 0 Å². The van der Waals surface area contributed by atoms with E-state index >= 15 is 0 Å². The van der Waals surface area contributed by atoms with Crippen LogP contribution in [0.4, 0.5) is 0 Å². The molecule has 10 aromatic rings. The molecule has 50 heavy (non-hydrogen) atoms. The Morgan fingerprint density at radius 3 is 0.680 bits per heavy atom. The molecular formula is C42H24N8. The first-order valence-electron chi connectivity index (χ1n) is 16.2. The van der Waals surface area contributed by atoms with Gasteiger partial charge in [-0.25, -0.2) is 39.9 Å². The molecule has 0 aliphatic rings. The van der Waals surface area contributed by atoms with E-state index in [0.717, 1.165) is 76.1 Å². The van der Waals surface area contributed by atoms with Gasteiger partial charge in [-0.3, -0.25) is 0 Å². The normalized spacial score (nSPS) is 11.6. The van der Waals surface area contributed by atoms with Crippen molar-refractivity contribution in [2.75, 3.05) is 0 Å². The highest BCUT2D eigenvalue weighted by Crippen LogP contribution is 2.46. The van der Waals surface area contributed by atoms with Crippen molar-refractivity contribution in [2.45, 2.75) is 0 Å². The first kappa shape index (κ1) is 28.0. The minimum atomic E-state index is 0.672. The van der Waals surface area contributed by atoms with Gasteiger partial charge in [0.05, 0.1) is 0 Å². The molecule has 0 bridgehead atoms. The molecule has 4 heterocycles. The van der Waals surface area contributed by atoms with Gasteiger partial charge in [-0.2, -0.15) is 0 Å². The number of aromatic nitrogens is 8. The lowest BCUT2D eigenvalue weighted by molar-refractivity contribution is 1.18. The molecule has 0 aliphatic heterocycles. The van der Waals surface area contributed by atoms with Crippen LogP contribution in [-0.4, -0.2) is 39.9 Å². The van der Waals surface area contributed by atoms with Crippen molar-refractivity contribution in [2.24, 2.45) is 0 Å². The third-order valence-electron chi connectivity index (χ3n) is 9.28. The summed E-state index contributed by atoms with van der Waals surface area (Å²) in [4.78, 5) is 36.8. The Morgan fingerprint density at radius 1 is 0.240 bits per heavy atom. The smallest absolute Gasteiger partial charge is 0.159 e. The zero-order valence-electron chi connectivity index (χ0n) is 26.4. The molecule has 6 aromatic carbocycles. The first-order valence-corrected chi connectivity index (χ1v) is 16.2. The summed E-state index contributed by atoms with van der Waals surface area (Å²) in [7, 11) is 0. The fourth-order valence-electron chi connectivity index (χ4n) is 7.12. The second-order valence-electron chi connectivity index (χ2n) is 12.1. The summed E-state index contributed by atoms with van der Waals surface area (Å²) in [5.41, 5.74) is 3.76. The van der Waals surface area contributed by atoms with Crippen LogP contribution in [0.15, 0.2) is 147 Å². The molecule has 0 N–H and O–H groups in total. The zero-order valence-corrected chi connectivity index (χ0v) is 26.4. The van der Waals surface area contributed by atoms with Crippen LogP contribution >= 0.6 is 0 Å².